The second kappa shape index (κ2) is 11.1. The van der Waals surface area contributed by atoms with Gasteiger partial charge in [0, 0.05) is 0 Å². The van der Waals surface area contributed by atoms with Crippen molar-refractivity contribution >= 4 is 73.4 Å². The van der Waals surface area contributed by atoms with Gasteiger partial charge in [-0.05, 0) is 0 Å². The Bertz CT molecular complexity index is 161. The number of carbonyl (C=O) groups is 1. The molecule has 2 radical (unpaired) electrons. The van der Waals surface area contributed by atoms with Crippen molar-refractivity contribution in [3.63, 3.8) is 0 Å². The van der Waals surface area contributed by atoms with Gasteiger partial charge in [0.15, 0.2) is 0 Å². The molecule has 11 heavy (non-hydrogen) atoms. The van der Waals surface area contributed by atoms with Gasteiger partial charge >= 0.3 is 73.4 Å². The van der Waals surface area contributed by atoms with E-state index in [1.165, 1.54) is 0 Å². The summed E-state index contributed by atoms with van der Waals surface area (Å²) < 4.78 is 31.6. The van der Waals surface area contributed by atoms with Gasteiger partial charge in [-0.25, -0.2) is 4.79 Å². The van der Waals surface area contributed by atoms with Crippen molar-refractivity contribution in [3.8, 4) is 0 Å². The Labute approximate surface area is 105 Å². The summed E-state index contributed by atoms with van der Waals surface area (Å²) in [6.07, 6.45) is -1.83. The van der Waals surface area contributed by atoms with Gasteiger partial charge in [-0.1, -0.05) is 0 Å². The number of hydrogen-bond donors (Lipinski definition) is 4. The van der Waals surface area contributed by atoms with Crippen LogP contribution in [0, 0.1) is 0 Å². The van der Waals surface area contributed by atoms with E-state index in [1.807, 2.05) is 0 Å². The van der Waals surface area contributed by atoms with Gasteiger partial charge in [0.05, 0.1) is 0 Å². The summed E-state index contributed by atoms with van der Waals surface area (Å²) in [5, 5.41) is 13.9. The first kappa shape index (κ1) is 22.7. The van der Waals surface area contributed by atoms with E-state index in [0.717, 1.165) is 0 Å². The zero-order valence-corrected chi connectivity index (χ0v) is 10.9. The molecule has 64 valence electrons. The van der Waals surface area contributed by atoms with Crippen molar-refractivity contribution < 1.29 is 32.5 Å². The fraction of sp³-hybridized carbons (Fsp3) is 0. The third kappa shape index (κ3) is 805. The summed E-state index contributed by atoms with van der Waals surface area (Å²) in [7, 11) is -4.67. The second-order valence-corrected chi connectivity index (χ2v) is 1.63. The average Bonchev–Trinajstić information content (AvgIpc) is 1.19. The van der Waals surface area contributed by atoms with Gasteiger partial charge in [0.25, 0.3) is 0 Å². The molecule has 0 aromatic carbocycles. The molecule has 0 aliphatic rings. The van der Waals surface area contributed by atoms with Gasteiger partial charge in [-0.15, -0.1) is 0 Å². The van der Waals surface area contributed by atoms with Crippen LogP contribution in [0.1, 0.15) is 0 Å². The van der Waals surface area contributed by atoms with Crippen LogP contribution in [0.5, 0.6) is 0 Å². The van der Waals surface area contributed by atoms with Crippen molar-refractivity contribution in [1.82, 2.24) is 0 Å². The first-order valence-electron chi connectivity index (χ1n) is 1.35. The van der Waals surface area contributed by atoms with E-state index in [4.69, 9.17) is 32.5 Å². The van der Waals surface area contributed by atoms with Gasteiger partial charge in [0.1, 0.15) is 0 Å². The van der Waals surface area contributed by atoms with Gasteiger partial charge < -0.3 is 10.2 Å². The average molecular weight is 393 g/mol. The van der Waals surface area contributed by atoms with Gasteiger partial charge in [-0.2, -0.15) is 8.42 Å². The summed E-state index contributed by atoms with van der Waals surface area (Å²) in [6, 6.07) is 0. The van der Waals surface area contributed by atoms with Crippen LogP contribution in [0.3, 0.4) is 0 Å². The molecule has 0 atom stereocenters. The minimum absolute atomic E-state index is 0. The minimum atomic E-state index is -4.67. The van der Waals surface area contributed by atoms with Crippen LogP contribution in [0.25, 0.3) is 0 Å². The van der Waals surface area contributed by atoms with Crippen molar-refractivity contribution in [2.75, 3.05) is 0 Å². The van der Waals surface area contributed by atoms with Crippen LogP contribution in [-0.4, -0.2) is 90.7 Å². The molecule has 10 heteroatoms. The fourth-order valence-electron chi connectivity index (χ4n) is 0. The standard InChI is InChI=1S/CH2O3.Na.H2O4S.Pb.3H/c2-1(3)4;;1-5(2,3)4;;;;/h(H2,2,3,4);;(H2,1,2,3,4);;;;. The molecule has 4 N–H and O–H groups in total. The topological polar surface area (TPSA) is 132 Å². The molecular weight excluding hydrogens is 386 g/mol. The first-order chi connectivity index (χ1) is 3.73. The number of hydrogen-bond acceptors (Lipinski definition) is 3. The third-order valence-corrected chi connectivity index (χ3v) is 0. The Morgan fingerprint density at radius 1 is 1.09 bits per heavy atom. The Morgan fingerprint density at radius 2 is 1.09 bits per heavy atom. The molecule has 0 rings (SSSR count). The quantitative estimate of drug-likeness (QED) is 0.277. The van der Waals surface area contributed by atoms with Crippen molar-refractivity contribution in [3.05, 3.63) is 0 Å². The van der Waals surface area contributed by atoms with Crippen LogP contribution in [0.15, 0.2) is 0 Å². The van der Waals surface area contributed by atoms with E-state index in [1.54, 1.807) is 0 Å². The van der Waals surface area contributed by atoms with E-state index in [0.29, 0.717) is 0 Å². The zero-order chi connectivity index (χ0) is 8.08. The summed E-state index contributed by atoms with van der Waals surface area (Å²) in [5.74, 6) is 0. The Hall–Kier alpha value is 1.06. The summed E-state index contributed by atoms with van der Waals surface area (Å²) in [5.41, 5.74) is 0. The molecule has 0 bridgehead atoms. The van der Waals surface area contributed by atoms with Crippen LogP contribution in [0.4, 0.5) is 4.79 Å². The summed E-state index contributed by atoms with van der Waals surface area (Å²) in [6.45, 7) is 0. The van der Waals surface area contributed by atoms with Crippen molar-refractivity contribution in [1.29, 1.82) is 0 Å². The van der Waals surface area contributed by atoms with Gasteiger partial charge in [0.2, 0.25) is 0 Å². The molecule has 0 spiro atoms. The number of carboxylic acid groups (broad SMARTS) is 2. The van der Waals surface area contributed by atoms with Crippen LogP contribution in [-0.2, 0) is 10.4 Å². The maximum atomic E-state index is 8.74. The normalized spacial score (nSPS) is 7.45. The molecule has 0 fully saturated rings. The molecule has 0 unspecified atom stereocenters. The van der Waals surface area contributed by atoms with Crippen molar-refractivity contribution in [2.24, 2.45) is 0 Å². The molecule has 0 amide bonds. The zero-order valence-electron chi connectivity index (χ0n) is 4.63. The molecule has 0 aromatic rings. The monoisotopic (exact) mass is 394 g/mol. The van der Waals surface area contributed by atoms with Crippen LogP contribution in [0.2, 0.25) is 0 Å². The fourth-order valence-corrected chi connectivity index (χ4v) is 0. The molecule has 0 aromatic heterocycles. The van der Waals surface area contributed by atoms with E-state index in [2.05, 4.69) is 0 Å². The predicted octanol–water partition coefficient (Wildman–Crippen LogP) is -2.00. The van der Waals surface area contributed by atoms with Gasteiger partial charge in [-0.3, -0.25) is 9.11 Å². The van der Waals surface area contributed by atoms with E-state index >= 15 is 0 Å². The molecule has 0 aliphatic heterocycles. The third-order valence-electron chi connectivity index (χ3n) is 0. The van der Waals surface area contributed by atoms with E-state index < -0.39 is 16.6 Å². The van der Waals surface area contributed by atoms with E-state index in [-0.39, 0.29) is 56.9 Å². The Balaban J connectivity index is -0.0000000383. The number of rotatable bonds is 0. The summed E-state index contributed by atoms with van der Waals surface area (Å²) in [4.78, 5) is 8.56. The van der Waals surface area contributed by atoms with Crippen molar-refractivity contribution in [2.45, 2.75) is 0 Å². The van der Waals surface area contributed by atoms with E-state index in [9.17, 15) is 0 Å². The Morgan fingerprint density at radius 3 is 1.09 bits per heavy atom. The molecule has 0 heterocycles. The molecule has 0 saturated carbocycles. The molecular formula is CH7NaO7PbS. The molecule has 0 aliphatic carbocycles. The molecule has 0 saturated heterocycles. The first-order valence-corrected chi connectivity index (χ1v) is 2.75. The van der Waals surface area contributed by atoms with Crippen LogP contribution >= 0.6 is 0 Å². The van der Waals surface area contributed by atoms with Crippen LogP contribution < -0.4 is 0 Å². The second-order valence-electron chi connectivity index (χ2n) is 0.730. The SMILES string of the molecule is O=C(O)O.O=S(=O)(O)O.[NaH].[PbH2]. The predicted molar refractivity (Wildman–Crippen MR) is 40.5 cm³/mol. The maximum absolute atomic E-state index is 8.74. The molecule has 7 nitrogen and oxygen atoms in total. The Kier molecular flexibility index (Phi) is 22.8. The summed E-state index contributed by atoms with van der Waals surface area (Å²) >= 11 is 0.